The number of rotatable bonds is 4. The number of anilines is 1. The van der Waals surface area contributed by atoms with E-state index in [1.54, 1.807) is 31.3 Å². The van der Waals surface area contributed by atoms with Crippen molar-refractivity contribution in [3.63, 3.8) is 0 Å². The predicted molar refractivity (Wildman–Crippen MR) is 76.9 cm³/mol. The van der Waals surface area contributed by atoms with Crippen LogP contribution in [0.4, 0.5) is 5.69 Å². The van der Waals surface area contributed by atoms with Crippen molar-refractivity contribution in [1.29, 1.82) is 0 Å². The van der Waals surface area contributed by atoms with Crippen molar-refractivity contribution in [1.82, 2.24) is 4.98 Å². The van der Waals surface area contributed by atoms with Gasteiger partial charge in [-0.05, 0) is 24.3 Å². The van der Waals surface area contributed by atoms with Crippen LogP contribution in [0.2, 0.25) is 0 Å². The molecule has 0 atom stereocenters. The standard InChI is InChI=1S/C15H14N2O4/c1-17(12-8-3-4-9-13(12)21-2)14(18)10-6-5-7-11(16-10)15(19)20/h3-9H,1-2H3,(H,19,20). The second-order valence-electron chi connectivity index (χ2n) is 4.25. The monoisotopic (exact) mass is 286 g/mol. The third kappa shape index (κ3) is 3.00. The summed E-state index contributed by atoms with van der Waals surface area (Å²) in [6.45, 7) is 0. The molecule has 0 spiro atoms. The highest BCUT2D eigenvalue weighted by Gasteiger charge is 2.19. The lowest BCUT2D eigenvalue weighted by Gasteiger charge is -2.19. The zero-order valence-electron chi connectivity index (χ0n) is 11.6. The molecule has 1 N–H and O–H groups in total. The van der Waals surface area contributed by atoms with Crippen LogP contribution in [-0.2, 0) is 0 Å². The summed E-state index contributed by atoms with van der Waals surface area (Å²) in [4.78, 5) is 28.5. The summed E-state index contributed by atoms with van der Waals surface area (Å²) >= 11 is 0. The lowest BCUT2D eigenvalue weighted by molar-refractivity contribution is 0.0690. The number of aromatic carboxylic acids is 1. The highest BCUT2D eigenvalue weighted by atomic mass is 16.5. The van der Waals surface area contributed by atoms with Crippen LogP contribution >= 0.6 is 0 Å². The van der Waals surface area contributed by atoms with Crippen molar-refractivity contribution in [2.24, 2.45) is 0 Å². The van der Waals surface area contributed by atoms with Gasteiger partial charge < -0.3 is 14.7 Å². The minimum Gasteiger partial charge on any atom is -0.495 e. The van der Waals surface area contributed by atoms with Crippen molar-refractivity contribution in [3.05, 3.63) is 53.9 Å². The number of nitrogens with zero attached hydrogens (tertiary/aromatic N) is 2. The van der Waals surface area contributed by atoms with E-state index in [0.29, 0.717) is 11.4 Å². The maximum Gasteiger partial charge on any atom is 0.354 e. The second-order valence-corrected chi connectivity index (χ2v) is 4.25. The van der Waals surface area contributed by atoms with E-state index < -0.39 is 11.9 Å². The molecule has 0 aliphatic carbocycles. The molecule has 0 aliphatic heterocycles. The van der Waals surface area contributed by atoms with Gasteiger partial charge in [0.1, 0.15) is 17.1 Å². The highest BCUT2D eigenvalue weighted by Crippen LogP contribution is 2.27. The Labute approximate surface area is 121 Å². The zero-order chi connectivity index (χ0) is 15.4. The van der Waals surface area contributed by atoms with Gasteiger partial charge in [-0.25, -0.2) is 9.78 Å². The number of amides is 1. The first-order valence-corrected chi connectivity index (χ1v) is 6.16. The summed E-state index contributed by atoms with van der Waals surface area (Å²) in [6.07, 6.45) is 0. The van der Waals surface area contributed by atoms with Gasteiger partial charge in [0, 0.05) is 7.05 Å². The highest BCUT2D eigenvalue weighted by molar-refractivity contribution is 6.05. The van der Waals surface area contributed by atoms with Crippen LogP contribution in [0.15, 0.2) is 42.5 Å². The second kappa shape index (κ2) is 6.04. The van der Waals surface area contributed by atoms with E-state index in [0.717, 1.165) is 0 Å². The van der Waals surface area contributed by atoms with Crippen LogP contribution in [0.25, 0.3) is 0 Å². The fourth-order valence-electron chi connectivity index (χ4n) is 1.86. The summed E-state index contributed by atoms with van der Waals surface area (Å²) in [6, 6.07) is 11.3. The maximum atomic E-state index is 12.4. The van der Waals surface area contributed by atoms with Gasteiger partial charge in [-0.15, -0.1) is 0 Å². The van der Waals surface area contributed by atoms with Crippen molar-refractivity contribution < 1.29 is 19.4 Å². The Bertz CT molecular complexity index is 685. The largest absolute Gasteiger partial charge is 0.495 e. The van der Waals surface area contributed by atoms with E-state index in [2.05, 4.69) is 4.98 Å². The molecular formula is C15H14N2O4. The molecule has 0 aliphatic rings. The van der Waals surface area contributed by atoms with Crippen LogP contribution < -0.4 is 9.64 Å². The molecule has 0 saturated heterocycles. The molecule has 1 heterocycles. The molecule has 6 heteroatoms. The molecule has 6 nitrogen and oxygen atoms in total. The summed E-state index contributed by atoms with van der Waals surface area (Å²) in [7, 11) is 3.09. The van der Waals surface area contributed by atoms with Crippen molar-refractivity contribution in [2.75, 3.05) is 19.1 Å². The maximum absolute atomic E-state index is 12.4. The Balaban J connectivity index is 2.35. The van der Waals surface area contributed by atoms with Gasteiger partial charge in [0.05, 0.1) is 12.8 Å². The van der Waals surface area contributed by atoms with Gasteiger partial charge in [-0.3, -0.25) is 4.79 Å². The molecule has 2 rings (SSSR count). The van der Waals surface area contributed by atoms with E-state index in [4.69, 9.17) is 9.84 Å². The number of hydrogen-bond donors (Lipinski definition) is 1. The third-order valence-electron chi connectivity index (χ3n) is 2.94. The number of pyridine rings is 1. The SMILES string of the molecule is COc1ccccc1N(C)C(=O)c1cccc(C(=O)O)n1. The van der Waals surface area contributed by atoms with Crippen LogP contribution in [0.5, 0.6) is 5.75 Å². The number of carbonyl (C=O) groups excluding carboxylic acids is 1. The summed E-state index contributed by atoms with van der Waals surface area (Å²) in [5, 5.41) is 8.92. The average molecular weight is 286 g/mol. The Morgan fingerprint density at radius 1 is 1.10 bits per heavy atom. The molecule has 0 bridgehead atoms. The zero-order valence-corrected chi connectivity index (χ0v) is 11.6. The fourth-order valence-corrected chi connectivity index (χ4v) is 1.86. The molecule has 1 aromatic heterocycles. The molecule has 1 aromatic carbocycles. The molecule has 21 heavy (non-hydrogen) atoms. The Hall–Kier alpha value is -2.89. The normalized spacial score (nSPS) is 10.0. The molecule has 0 radical (unpaired) electrons. The van der Waals surface area contributed by atoms with Gasteiger partial charge in [0.15, 0.2) is 0 Å². The number of benzene rings is 1. The summed E-state index contributed by atoms with van der Waals surface area (Å²) in [5.41, 5.74) is 0.463. The third-order valence-corrected chi connectivity index (χ3v) is 2.94. The Kier molecular flexibility index (Phi) is 4.18. The lowest BCUT2D eigenvalue weighted by Crippen LogP contribution is -2.28. The van der Waals surface area contributed by atoms with Gasteiger partial charge in [-0.1, -0.05) is 18.2 Å². The number of carboxylic acids is 1. The Morgan fingerprint density at radius 3 is 2.43 bits per heavy atom. The van der Waals surface area contributed by atoms with Crippen LogP contribution in [-0.4, -0.2) is 36.1 Å². The molecule has 108 valence electrons. The first-order valence-electron chi connectivity index (χ1n) is 6.16. The average Bonchev–Trinajstić information content (AvgIpc) is 2.53. The molecule has 0 fully saturated rings. The number of aromatic nitrogens is 1. The molecular weight excluding hydrogens is 272 g/mol. The number of carboxylic acid groups (broad SMARTS) is 1. The molecule has 0 saturated carbocycles. The summed E-state index contributed by atoms with van der Waals surface area (Å²) in [5.74, 6) is -1.05. The number of hydrogen-bond acceptors (Lipinski definition) is 4. The number of ether oxygens (including phenoxy) is 1. The Morgan fingerprint density at radius 2 is 1.76 bits per heavy atom. The van der Waals surface area contributed by atoms with E-state index in [9.17, 15) is 9.59 Å². The number of methoxy groups -OCH3 is 1. The van der Waals surface area contributed by atoms with E-state index in [1.165, 1.54) is 30.2 Å². The number of para-hydroxylation sites is 2. The fraction of sp³-hybridized carbons (Fsp3) is 0.133. The summed E-state index contributed by atoms with van der Waals surface area (Å²) < 4.78 is 5.21. The lowest BCUT2D eigenvalue weighted by atomic mass is 10.2. The first-order chi connectivity index (χ1) is 10.0. The number of carbonyl (C=O) groups is 2. The van der Waals surface area contributed by atoms with Gasteiger partial charge in [0.2, 0.25) is 0 Å². The van der Waals surface area contributed by atoms with Gasteiger partial charge >= 0.3 is 5.97 Å². The van der Waals surface area contributed by atoms with Crippen LogP contribution in [0.1, 0.15) is 21.0 Å². The van der Waals surface area contributed by atoms with Crippen LogP contribution in [0, 0.1) is 0 Å². The topological polar surface area (TPSA) is 79.7 Å². The smallest absolute Gasteiger partial charge is 0.354 e. The van der Waals surface area contributed by atoms with E-state index >= 15 is 0 Å². The minimum atomic E-state index is -1.18. The van der Waals surface area contributed by atoms with Crippen molar-refractivity contribution in [3.8, 4) is 5.75 Å². The molecule has 0 unspecified atom stereocenters. The van der Waals surface area contributed by atoms with Crippen molar-refractivity contribution >= 4 is 17.6 Å². The van der Waals surface area contributed by atoms with Crippen LogP contribution in [0.3, 0.4) is 0 Å². The van der Waals surface area contributed by atoms with Gasteiger partial charge in [0.25, 0.3) is 5.91 Å². The first kappa shape index (κ1) is 14.5. The molecule has 1 amide bonds. The van der Waals surface area contributed by atoms with E-state index in [1.807, 2.05) is 0 Å². The van der Waals surface area contributed by atoms with Crippen molar-refractivity contribution in [2.45, 2.75) is 0 Å². The predicted octanol–water partition coefficient (Wildman–Crippen LogP) is 2.06. The minimum absolute atomic E-state index is 0.0586. The van der Waals surface area contributed by atoms with Gasteiger partial charge in [-0.2, -0.15) is 0 Å². The quantitative estimate of drug-likeness (QED) is 0.930. The molecule has 2 aromatic rings. The van der Waals surface area contributed by atoms with E-state index in [-0.39, 0.29) is 11.4 Å².